The molecule has 0 saturated heterocycles. The van der Waals surface area contributed by atoms with E-state index in [1.165, 1.54) is 0 Å². The van der Waals surface area contributed by atoms with Crippen LogP contribution in [0.3, 0.4) is 0 Å². The molecule has 0 unspecified atom stereocenters. The van der Waals surface area contributed by atoms with Crippen LogP contribution in [0, 0.1) is 0 Å². The van der Waals surface area contributed by atoms with E-state index >= 15 is 0 Å². The van der Waals surface area contributed by atoms with Gasteiger partial charge in [-0.25, -0.2) is 9.79 Å². The van der Waals surface area contributed by atoms with Crippen LogP contribution in [-0.2, 0) is 9.53 Å². The van der Waals surface area contributed by atoms with Crippen LogP contribution in [0.2, 0.25) is 0 Å². The molecule has 0 bridgehead atoms. The molecule has 0 aliphatic carbocycles. The fourth-order valence-corrected chi connectivity index (χ4v) is 3.01. The maximum atomic E-state index is 12.1. The van der Waals surface area contributed by atoms with E-state index in [-0.39, 0.29) is 18.4 Å². The van der Waals surface area contributed by atoms with E-state index in [4.69, 9.17) is 18.9 Å². The van der Waals surface area contributed by atoms with Gasteiger partial charge in [0.05, 0.1) is 12.7 Å². The summed E-state index contributed by atoms with van der Waals surface area (Å²) in [6.07, 6.45) is 1.65. The number of hydrogen-bond donors (Lipinski definition) is 0. The van der Waals surface area contributed by atoms with Gasteiger partial charge >= 0.3 is 5.97 Å². The molecule has 2 aliphatic rings. The highest BCUT2D eigenvalue weighted by Gasteiger charge is 2.26. The van der Waals surface area contributed by atoms with Gasteiger partial charge in [-0.3, -0.25) is 0 Å². The summed E-state index contributed by atoms with van der Waals surface area (Å²) in [6.45, 7) is 0.200. The van der Waals surface area contributed by atoms with Crippen LogP contribution in [0.1, 0.15) is 11.1 Å². The molecule has 4 rings (SSSR count). The number of halogens is 1. The zero-order valence-electron chi connectivity index (χ0n) is 13.1. The Kier molecular flexibility index (Phi) is 3.93. The fourth-order valence-electron chi connectivity index (χ4n) is 2.48. The van der Waals surface area contributed by atoms with Crippen LogP contribution in [-0.4, -0.2) is 25.8 Å². The van der Waals surface area contributed by atoms with Crippen LogP contribution in [0.5, 0.6) is 17.2 Å². The average Bonchev–Trinajstić information content (AvgIpc) is 3.21. The number of esters is 1. The summed E-state index contributed by atoms with van der Waals surface area (Å²) in [6, 6.07) is 10.7. The highest BCUT2D eigenvalue weighted by molar-refractivity contribution is 9.10. The summed E-state index contributed by atoms with van der Waals surface area (Å²) in [7, 11) is 1.58. The van der Waals surface area contributed by atoms with E-state index < -0.39 is 5.97 Å². The first-order valence-electron chi connectivity index (χ1n) is 7.40. The third kappa shape index (κ3) is 2.98. The van der Waals surface area contributed by atoms with Crippen molar-refractivity contribution in [2.45, 2.75) is 0 Å². The van der Waals surface area contributed by atoms with E-state index in [1.54, 1.807) is 43.5 Å². The van der Waals surface area contributed by atoms with Gasteiger partial charge in [-0.15, -0.1) is 0 Å². The first-order valence-corrected chi connectivity index (χ1v) is 8.19. The molecule has 0 spiro atoms. The van der Waals surface area contributed by atoms with E-state index in [0.29, 0.717) is 22.8 Å². The maximum Gasteiger partial charge on any atom is 0.363 e. The molecule has 7 heteroatoms. The fraction of sp³-hybridized carbons (Fsp3) is 0.111. The molecule has 0 saturated carbocycles. The lowest BCUT2D eigenvalue weighted by Gasteiger charge is -2.05. The first-order chi connectivity index (χ1) is 12.1. The summed E-state index contributed by atoms with van der Waals surface area (Å²) < 4.78 is 21.8. The smallest absolute Gasteiger partial charge is 0.363 e. The number of cyclic esters (lactones) is 1. The van der Waals surface area contributed by atoms with Crippen molar-refractivity contribution in [2.24, 2.45) is 4.99 Å². The van der Waals surface area contributed by atoms with Crippen molar-refractivity contribution in [3.8, 4) is 17.2 Å². The standard InChI is InChI=1S/C18H12BrNO5/c1-22-11-3-4-12(13(19)8-11)17-20-14(18(21)25-17)6-10-2-5-15-16(7-10)24-9-23-15/h2-8H,9H2,1H3. The van der Waals surface area contributed by atoms with Gasteiger partial charge in [-0.2, -0.15) is 0 Å². The van der Waals surface area contributed by atoms with Crippen molar-refractivity contribution in [2.75, 3.05) is 13.9 Å². The number of carbonyl (C=O) groups excluding carboxylic acids is 1. The van der Waals surface area contributed by atoms with Gasteiger partial charge in [0.1, 0.15) is 5.75 Å². The third-order valence-corrected chi connectivity index (χ3v) is 4.38. The maximum absolute atomic E-state index is 12.1. The summed E-state index contributed by atoms with van der Waals surface area (Å²) in [4.78, 5) is 16.4. The van der Waals surface area contributed by atoms with Crippen LogP contribution in [0.25, 0.3) is 6.08 Å². The molecule has 2 aliphatic heterocycles. The second-order valence-corrected chi connectivity index (χ2v) is 6.15. The predicted molar refractivity (Wildman–Crippen MR) is 93.9 cm³/mol. The Morgan fingerprint density at radius 3 is 2.80 bits per heavy atom. The molecular weight excluding hydrogens is 390 g/mol. The Morgan fingerprint density at radius 1 is 1.16 bits per heavy atom. The highest BCUT2D eigenvalue weighted by atomic mass is 79.9. The van der Waals surface area contributed by atoms with Crippen LogP contribution in [0.15, 0.2) is 51.6 Å². The van der Waals surface area contributed by atoms with Gasteiger partial charge in [0.15, 0.2) is 17.2 Å². The van der Waals surface area contributed by atoms with Crippen LogP contribution < -0.4 is 14.2 Å². The lowest BCUT2D eigenvalue weighted by Crippen LogP contribution is -2.06. The quantitative estimate of drug-likeness (QED) is 0.581. The first kappa shape index (κ1) is 15.7. The third-order valence-electron chi connectivity index (χ3n) is 3.73. The number of ether oxygens (including phenoxy) is 4. The lowest BCUT2D eigenvalue weighted by molar-refractivity contribution is -0.129. The number of fused-ring (bicyclic) bond motifs is 1. The van der Waals surface area contributed by atoms with Gasteiger partial charge in [0.2, 0.25) is 12.7 Å². The number of benzene rings is 2. The van der Waals surface area contributed by atoms with E-state index in [1.807, 2.05) is 6.07 Å². The molecule has 0 aromatic heterocycles. The minimum absolute atomic E-state index is 0.200. The Hall–Kier alpha value is -2.80. The SMILES string of the molecule is COc1ccc(C2=NC(=Cc3ccc4c(c3)OCO4)C(=O)O2)c(Br)c1. The normalized spacial score (nSPS) is 16.8. The Balaban J connectivity index is 1.66. The van der Waals surface area contributed by atoms with Crippen molar-refractivity contribution in [3.63, 3.8) is 0 Å². The summed E-state index contributed by atoms with van der Waals surface area (Å²) in [5, 5.41) is 0. The van der Waals surface area contributed by atoms with Gasteiger partial charge in [-0.05, 0) is 57.9 Å². The number of nitrogens with zero attached hydrogens (tertiary/aromatic N) is 1. The molecule has 2 aromatic rings. The number of hydrogen-bond acceptors (Lipinski definition) is 6. The molecule has 126 valence electrons. The Morgan fingerprint density at radius 2 is 2.00 bits per heavy atom. The van der Waals surface area contributed by atoms with Crippen LogP contribution >= 0.6 is 15.9 Å². The predicted octanol–water partition coefficient (Wildman–Crippen LogP) is 3.53. The summed E-state index contributed by atoms with van der Waals surface area (Å²) >= 11 is 3.44. The molecule has 0 amide bonds. The number of aliphatic imine (C=N–C) groups is 1. The largest absolute Gasteiger partial charge is 0.497 e. The second kappa shape index (κ2) is 6.25. The molecule has 0 radical (unpaired) electrons. The number of carbonyl (C=O) groups is 1. The molecule has 6 nitrogen and oxygen atoms in total. The van der Waals surface area contributed by atoms with Gasteiger partial charge in [0.25, 0.3) is 0 Å². The van der Waals surface area contributed by atoms with Crippen molar-refractivity contribution in [1.29, 1.82) is 0 Å². The highest BCUT2D eigenvalue weighted by Crippen LogP contribution is 2.34. The average molecular weight is 402 g/mol. The molecule has 2 aromatic carbocycles. The number of methoxy groups -OCH3 is 1. The van der Waals surface area contributed by atoms with Gasteiger partial charge in [0, 0.05) is 4.47 Å². The topological polar surface area (TPSA) is 66.3 Å². The molecule has 0 N–H and O–H groups in total. The van der Waals surface area contributed by atoms with E-state index in [0.717, 1.165) is 10.0 Å². The Labute approximate surface area is 151 Å². The van der Waals surface area contributed by atoms with Gasteiger partial charge < -0.3 is 18.9 Å². The van der Waals surface area contributed by atoms with E-state index in [9.17, 15) is 4.79 Å². The zero-order valence-corrected chi connectivity index (χ0v) is 14.7. The van der Waals surface area contributed by atoms with Gasteiger partial charge in [-0.1, -0.05) is 6.07 Å². The van der Waals surface area contributed by atoms with E-state index in [2.05, 4.69) is 20.9 Å². The minimum Gasteiger partial charge on any atom is -0.497 e. The monoisotopic (exact) mass is 401 g/mol. The molecule has 2 heterocycles. The zero-order chi connectivity index (χ0) is 17.4. The van der Waals surface area contributed by atoms with Crippen molar-refractivity contribution < 1.29 is 23.7 Å². The van der Waals surface area contributed by atoms with Crippen molar-refractivity contribution in [3.05, 3.63) is 57.7 Å². The molecule has 25 heavy (non-hydrogen) atoms. The van der Waals surface area contributed by atoms with Crippen molar-refractivity contribution in [1.82, 2.24) is 0 Å². The molecule has 0 fully saturated rings. The molecule has 0 atom stereocenters. The summed E-state index contributed by atoms with van der Waals surface area (Å²) in [5.74, 6) is 1.75. The minimum atomic E-state index is -0.504. The Bertz CT molecular complexity index is 935. The van der Waals surface area contributed by atoms with Crippen molar-refractivity contribution >= 4 is 33.9 Å². The summed E-state index contributed by atoms with van der Waals surface area (Å²) in [5.41, 5.74) is 1.66. The van der Waals surface area contributed by atoms with Crippen LogP contribution in [0.4, 0.5) is 0 Å². The lowest BCUT2D eigenvalue weighted by atomic mass is 10.1. The molecular formula is C18H12BrNO5. The number of rotatable bonds is 3. The second-order valence-electron chi connectivity index (χ2n) is 5.29.